The van der Waals surface area contributed by atoms with Crippen molar-refractivity contribution in [1.29, 1.82) is 0 Å². The Kier molecular flexibility index (Phi) is 2.98. The molecular formula is C10H15N3O3. The fourth-order valence-electron chi connectivity index (χ4n) is 1.75. The molecule has 2 rings (SSSR count). The van der Waals surface area contributed by atoms with Gasteiger partial charge in [-0.3, -0.25) is 0 Å². The molecule has 0 bridgehead atoms. The summed E-state index contributed by atoms with van der Waals surface area (Å²) in [6.45, 7) is 1.86. The van der Waals surface area contributed by atoms with Crippen molar-refractivity contribution in [2.45, 2.75) is 12.8 Å². The molecule has 1 aliphatic heterocycles. The van der Waals surface area contributed by atoms with E-state index in [1.165, 1.54) is 14.2 Å². The maximum atomic E-state index is 9.66. The van der Waals surface area contributed by atoms with Crippen LogP contribution in [0.25, 0.3) is 0 Å². The molecule has 1 saturated heterocycles. The number of ether oxygens (including phenoxy) is 2. The van der Waals surface area contributed by atoms with Crippen LogP contribution in [-0.4, -0.2) is 42.4 Å². The fraction of sp³-hybridized carbons (Fsp3) is 0.600. The molecule has 6 nitrogen and oxygen atoms in total. The van der Waals surface area contributed by atoms with E-state index in [0.29, 0.717) is 5.95 Å². The Morgan fingerprint density at radius 1 is 1.06 bits per heavy atom. The third-order valence-electron chi connectivity index (χ3n) is 2.58. The monoisotopic (exact) mass is 225 g/mol. The first-order valence-corrected chi connectivity index (χ1v) is 5.20. The molecule has 0 spiro atoms. The number of aromatic nitrogens is 2. The Morgan fingerprint density at radius 2 is 1.56 bits per heavy atom. The van der Waals surface area contributed by atoms with E-state index in [1.54, 1.807) is 0 Å². The maximum absolute atomic E-state index is 9.66. The maximum Gasteiger partial charge on any atom is 0.265 e. The molecule has 1 aromatic rings. The van der Waals surface area contributed by atoms with Gasteiger partial charge in [-0.2, -0.15) is 9.97 Å². The summed E-state index contributed by atoms with van der Waals surface area (Å²) in [7, 11) is 2.91. The van der Waals surface area contributed by atoms with Crippen molar-refractivity contribution in [2.75, 3.05) is 32.2 Å². The van der Waals surface area contributed by atoms with Crippen LogP contribution in [-0.2, 0) is 0 Å². The molecule has 0 unspecified atom stereocenters. The van der Waals surface area contributed by atoms with Crippen molar-refractivity contribution < 1.29 is 14.6 Å². The Morgan fingerprint density at radius 3 is 2.00 bits per heavy atom. The van der Waals surface area contributed by atoms with Gasteiger partial charge in [0.15, 0.2) is 0 Å². The van der Waals surface area contributed by atoms with Crippen molar-refractivity contribution >= 4 is 5.95 Å². The van der Waals surface area contributed by atoms with Crippen molar-refractivity contribution in [3.8, 4) is 17.5 Å². The van der Waals surface area contributed by atoms with Gasteiger partial charge in [-0.15, -0.1) is 0 Å². The lowest BCUT2D eigenvalue weighted by Gasteiger charge is -2.16. The molecule has 0 saturated carbocycles. The van der Waals surface area contributed by atoms with Gasteiger partial charge in [0.25, 0.3) is 11.8 Å². The first-order chi connectivity index (χ1) is 7.76. The van der Waals surface area contributed by atoms with Gasteiger partial charge in [-0.05, 0) is 12.8 Å². The van der Waals surface area contributed by atoms with Crippen LogP contribution in [0.2, 0.25) is 0 Å². The van der Waals surface area contributed by atoms with Crippen molar-refractivity contribution in [3.63, 3.8) is 0 Å². The van der Waals surface area contributed by atoms with Crippen LogP contribution in [0.1, 0.15) is 12.8 Å². The third-order valence-corrected chi connectivity index (χ3v) is 2.58. The number of aromatic hydroxyl groups is 1. The summed E-state index contributed by atoms with van der Waals surface area (Å²) >= 11 is 0. The van der Waals surface area contributed by atoms with Gasteiger partial charge in [0.2, 0.25) is 11.7 Å². The summed E-state index contributed by atoms with van der Waals surface area (Å²) in [6, 6.07) is 0. The van der Waals surface area contributed by atoms with E-state index in [4.69, 9.17) is 9.47 Å². The van der Waals surface area contributed by atoms with Crippen LogP contribution in [0.5, 0.6) is 17.5 Å². The smallest absolute Gasteiger partial charge is 0.265 e. The molecule has 88 valence electrons. The highest BCUT2D eigenvalue weighted by atomic mass is 16.5. The Balaban J connectivity index is 2.37. The average molecular weight is 225 g/mol. The number of rotatable bonds is 3. The second-order valence-electron chi connectivity index (χ2n) is 3.58. The number of anilines is 1. The highest BCUT2D eigenvalue weighted by Crippen LogP contribution is 2.34. The van der Waals surface area contributed by atoms with E-state index >= 15 is 0 Å². The molecule has 1 N–H and O–H groups in total. The van der Waals surface area contributed by atoms with Gasteiger partial charge < -0.3 is 19.5 Å². The second-order valence-corrected chi connectivity index (χ2v) is 3.58. The van der Waals surface area contributed by atoms with Crippen LogP contribution in [0.4, 0.5) is 5.95 Å². The van der Waals surface area contributed by atoms with Crippen LogP contribution in [0, 0.1) is 0 Å². The van der Waals surface area contributed by atoms with Gasteiger partial charge in [0, 0.05) is 13.1 Å². The second kappa shape index (κ2) is 4.42. The summed E-state index contributed by atoms with van der Waals surface area (Å²) in [5.74, 6) is 0.680. The normalized spacial score (nSPS) is 15.2. The van der Waals surface area contributed by atoms with E-state index in [-0.39, 0.29) is 17.5 Å². The lowest BCUT2D eigenvalue weighted by Crippen LogP contribution is -2.20. The lowest BCUT2D eigenvalue weighted by atomic mass is 10.4. The largest absolute Gasteiger partial charge is 0.499 e. The molecule has 0 amide bonds. The van der Waals surface area contributed by atoms with Crippen molar-refractivity contribution in [2.24, 2.45) is 0 Å². The zero-order valence-corrected chi connectivity index (χ0v) is 9.43. The first kappa shape index (κ1) is 10.8. The SMILES string of the molecule is COc1nc(N2CCCC2)nc(OC)c1O. The van der Waals surface area contributed by atoms with E-state index in [9.17, 15) is 5.11 Å². The van der Waals surface area contributed by atoms with Crippen LogP contribution >= 0.6 is 0 Å². The van der Waals surface area contributed by atoms with Gasteiger partial charge >= 0.3 is 0 Å². The molecule has 0 aliphatic carbocycles. The Labute approximate surface area is 93.8 Å². The number of nitrogens with zero attached hydrogens (tertiary/aromatic N) is 3. The van der Waals surface area contributed by atoms with E-state index in [1.807, 2.05) is 4.90 Å². The highest BCUT2D eigenvalue weighted by molar-refractivity contribution is 5.47. The summed E-state index contributed by atoms with van der Waals surface area (Å²) < 4.78 is 9.96. The van der Waals surface area contributed by atoms with Crippen molar-refractivity contribution in [3.05, 3.63) is 0 Å². The molecule has 0 radical (unpaired) electrons. The van der Waals surface area contributed by atoms with Crippen molar-refractivity contribution in [1.82, 2.24) is 9.97 Å². The average Bonchev–Trinajstić information content (AvgIpc) is 2.83. The molecule has 6 heteroatoms. The predicted octanol–water partition coefficient (Wildman–Crippen LogP) is 0.800. The summed E-state index contributed by atoms with van der Waals surface area (Å²) in [4.78, 5) is 10.3. The number of hydrogen-bond acceptors (Lipinski definition) is 6. The predicted molar refractivity (Wildman–Crippen MR) is 58.2 cm³/mol. The first-order valence-electron chi connectivity index (χ1n) is 5.20. The van der Waals surface area contributed by atoms with E-state index < -0.39 is 0 Å². The molecular weight excluding hydrogens is 210 g/mol. The number of hydrogen-bond donors (Lipinski definition) is 1. The fourth-order valence-corrected chi connectivity index (χ4v) is 1.75. The molecule has 2 heterocycles. The molecule has 1 fully saturated rings. The quantitative estimate of drug-likeness (QED) is 0.820. The van der Waals surface area contributed by atoms with Gasteiger partial charge in [0.05, 0.1) is 14.2 Å². The molecule has 0 atom stereocenters. The summed E-state index contributed by atoms with van der Waals surface area (Å²) in [6.07, 6.45) is 2.27. The lowest BCUT2D eigenvalue weighted by molar-refractivity contribution is 0.320. The summed E-state index contributed by atoms with van der Waals surface area (Å²) in [5.41, 5.74) is 0. The Hall–Kier alpha value is -1.72. The molecule has 1 aliphatic rings. The minimum Gasteiger partial charge on any atom is -0.499 e. The molecule has 0 aromatic carbocycles. The van der Waals surface area contributed by atoms with Crippen LogP contribution < -0.4 is 14.4 Å². The highest BCUT2D eigenvalue weighted by Gasteiger charge is 2.20. The van der Waals surface area contributed by atoms with Gasteiger partial charge in [-0.25, -0.2) is 0 Å². The standard InChI is InChI=1S/C10H15N3O3/c1-15-8-7(14)9(16-2)12-10(11-8)13-5-3-4-6-13/h14H,3-6H2,1-2H3. The molecule has 16 heavy (non-hydrogen) atoms. The van der Waals surface area contributed by atoms with Crippen LogP contribution in [0.15, 0.2) is 0 Å². The minimum atomic E-state index is -0.159. The van der Waals surface area contributed by atoms with E-state index in [0.717, 1.165) is 25.9 Å². The minimum absolute atomic E-state index is 0.147. The van der Waals surface area contributed by atoms with Crippen LogP contribution in [0.3, 0.4) is 0 Å². The van der Waals surface area contributed by atoms with Gasteiger partial charge in [0.1, 0.15) is 0 Å². The molecule has 1 aromatic heterocycles. The number of methoxy groups -OCH3 is 2. The third kappa shape index (κ3) is 1.82. The Bertz CT molecular complexity index is 353. The zero-order valence-electron chi connectivity index (χ0n) is 9.43. The summed E-state index contributed by atoms with van der Waals surface area (Å²) in [5, 5.41) is 9.66. The van der Waals surface area contributed by atoms with E-state index in [2.05, 4.69) is 9.97 Å². The van der Waals surface area contributed by atoms with Gasteiger partial charge in [-0.1, -0.05) is 0 Å². The zero-order chi connectivity index (χ0) is 11.5. The topological polar surface area (TPSA) is 67.7 Å².